The molecule has 1 aromatic rings. The van der Waals surface area contributed by atoms with Crippen LogP contribution in [0.15, 0.2) is 18.2 Å². The Bertz CT molecular complexity index is 498. The first kappa shape index (κ1) is 12.5. The minimum Gasteiger partial charge on any atom is -0.384 e. The molecule has 1 N–H and O–H groups in total. The Hall–Kier alpha value is -1.51. The minimum absolute atomic E-state index is 0.202. The molecule has 0 radical (unpaired) electrons. The summed E-state index contributed by atoms with van der Waals surface area (Å²) in [6, 6.07) is 6.92. The molecule has 0 aliphatic carbocycles. The smallest absolute Gasteiger partial charge is 0.254 e. The Morgan fingerprint density at radius 3 is 3.05 bits per heavy atom. The predicted octanol–water partition coefficient (Wildman–Crippen LogP) is 3.06. The molecular weight excluding hydrogens is 236 g/mol. The number of hydrogen-bond acceptors (Lipinski definition) is 2. The van der Waals surface area contributed by atoms with Crippen LogP contribution in [0.3, 0.4) is 0 Å². The quantitative estimate of drug-likeness (QED) is 0.884. The van der Waals surface area contributed by atoms with Crippen molar-refractivity contribution >= 4 is 11.6 Å². The number of amides is 1. The highest BCUT2D eigenvalue weighted by molar-refractivity contribution is 5.96. The number of carbonyl (C=O) groups excluding carboxylic acids is 1. The van der Waals surface area contributed by atoms with E-state index in [1.807, 2.05) is 12.1 Å². The van der Waals surface area contributed by atoms with Crippen molar-refractivity contribution in [1.82, 2.24) is 4.90 Å². The van der Waals surface area contributed by atoms with Crippen molar-refractivity contribution in [3.63, 3.8) is 0 Å². The lowest BCUT2D eigenvalue weighted by Crippen LogP contribution is -2.39. The van der Waals surface area contributed by atoms with Crippen LogP contribution in [0.25, 0.3) is 0 Å². The van der Waals surface area contributed by atoms with E-state index in [1.165, 1.54) is 5.56 Å². The zero-order valence-corrected chi connectivity index (χ0v) is 11.8. The Morgan fingerprint density at radius 2 is 2.26 bits per heavy atom. The predicted molar refractivity (Wildman–Crippen MR) is 77.6 cm³/mol. The fourth-order valence-corrected chi connectivity index (χ4v) is 3.41. The van der Waals surface area contributed by atoms with Crippen molar-refractivity contribution < 1.29 is 4.79 Å². The minimum atomic E-state index is 0.202. The van der Waals surface area contributed by atoms with E-state index in [0.717, 1.165) is 43.5 Å². The zero-order chi connectivity index (χ0) is 13.4. The summed E-state index contributed by atoms with van der Waals surface area (Å²) in [5.41, 5.74) is 3.31. The number of hydrogen-bond donors (Lipinski definition) is 1. The number of nitrogens with zero attached hydrogens (tertiary/aromatic N) is 1. The highest BCUT2D eigenvalue weighted by atomic mass is 16.2. The summed E-state index contributed by atoms with van der Waals surface area (Å²) in [5.74, 6) is 0.202. The van der Waals surface area contributed by atoms with E-state index in [-0.39, 0.29) is 5.91 Å². The molecule has 3 nitrogen and oxygen atoms in total. The Kier molecular flexibility index (Phi) is 3.21. The third kappa shape index (κ3) is 2.11. The summed E-state index contributed by atoms with van der Waals surface area (Å²) in [4.78, 5) is 14.8. The fraction of sp³-hybridized carbons (Fsp3) is 0.562. The summed E-state index contributed by atoms with van der Waals surface area (Å²) in [6.45, 7) is 5.33. The van der Waals surface area contributed by atoms with Gasteiger partial charge in [-0.2, -0.15) is 0 Å². The van der Waals surface area contributed by atoms with Gasteiger partial charge in [-0.3, -0.25) is 4.79 Å². The van der Waals surface area contributed by atoms with Gasteiger partial charge in [0.2, 0.25) is 0 Å². The first-order chi connectivity index (χ1) is 9.20. The largest absolute Gasteiger partial charge is 0.384 e. The first-order valence-corrected chi connectivity index (χ1v) is 7.40. The van der Waals surface area contributed by atoms with E-state index >= 15 is 0 Å². The maximum absolute atomic E-state index is 12.7. The van der Waals surface area contributed by atoms with Gasteiger partial charge in [-0.1, -0.05) is 13.0 Å². The van der Waals surface area contributed by atoms with Gasteiger partial charge in [-0.05, 0) is 50.3 Å². The SMILES string of the molecule is CCC1CCC(C)N1C(=O)c1ccc2c(c1)NCC2. The van der Waals surface area contributed by atoms with Crippen LogP contribution in [0.5, 0.6) is 0 Å². The number of likely N-dealkylation sites (tertiary alicyclic amines) is 1. The van der Waals surface area contributed by atoms with E-state index in [0.29, 0.717) is 12.1 Å². The molecule has 3 rings (SSSR count). The highest BCUT2D eigenvalue weighted by Crippen LogP contribution is 2.30. The van der Waals surface area contributed by atoms with Gasteiger partial charge in [0.25, 0.3) is 5.91 Å². The molecule has 2 heterocycles. The molecule has 1 saturated heterocycles. The molecule has 2 aliphatic rings. The zero-order valence-electron chi connectivity index (χ0n) is 11.8. The lowest BCUT2D eigenvalue weighted by atomic mass is 10.1. The van der Waals surface area contributed by atoms with Gasteiger partial charge < -0.3 is 10.2 Å². The normalized spacial score (nSPS) is 25.3. The van der Waals surface area contributed by atoms with Gasteiger partial charge >= 0.3 is 0 Å². The third-order valence-electron chi connectivity index (χ3n) is 4.56. The number of rotatable bonds is 2. The maximum atomic E-state index is 12.7. The topological polar surface area (TPSA) is 32.3 Å². The standard InChI is InChI=1S/C16H22N2O/c1-3-14-7-4-11(2)18(14)16(19)13-6-5-12-8-9-17-15(12)10-13/h5-6,10-11,14,17H,3-4,7-9H2,1-2H3. The van der Waals surface area contributed by atoms with Gasteiger partial charge in [0, 0.05) is 29.9 Å². The van der Waals surface area contributed by atoms with Gasteiger partial charge in [-0.25, -0.2) is 0 Å². The number of nitrogens with one attached hydrogen (secondary N) is 1. The highest BCUT2D eigenvalue weighted by Gasteiger charge is 2.33. The van der Waals surface area contributed by atoms with Crippen LogP contribution in [0, 0.1) is 0 Å². The summed E-state index contributed by atoms with van der Waals surface area (Å²) in [7, 11) is 0. The molecule has 19 heavy (non-hydrogen) atoms. The van der Waals surface area contributed by atoms with E-state index in [1.54, 1.807) is 0 Å². The molecule has 1 aromatic carbocycles. The second kappa shape index (κ2) is 4.87. The molecule has 1 fully saturated rings. The van der Waals surface area contributed by atoms with Crippen LogP contribution < -0.4 is 5.32 Å². The van der Waals surface area contributed by atoms with E-state index in [2.05, 4.69) is 30.1 Å². The molecule has 1 amide bonds. The summed E-state index contributed by atoms with van der Waals surface area (Å²) in [6.07, 6.45) is 4.40. The maximum Gasteiger partial charge on any atom is 0.254 e. The molecule has 102 valence electrons. The lowest BCUT2D eigenvalue weighted by molar-refractivity contribution is 0.0676. The van der Waals surface area contributed by atoms with Crippen molar-refractivity contribution in [3.05, 3.63) is 29.3 Å². The van der Waals surface area contributed by atoms with E-state index in [4.69, 9.17) is 0 Å². The average molecular weight is 258 g/mol. The molecule has 0 aromatic heterocycles. The fourth-order valence-electron chi connectivity index (χ4n) is 3.41. The number of anilines is 1. The van der Waals surface area contributed by atoms with Crippen molar-refractivity contribution in [1.29, 1.82) is 0 Å². The van der Waals surface area contributed by atoms with Crippen LogP contribution in [0.1, 0.15) is 49.0 Å². The van der Waals surface area contributed by atoms with Crippen LogP contribution in [-0.4, -0.2) is 29.4 Å². The van der Waals surface area contributed by atoms with Crippen molar-refractivity contribution in [2.45, 2.75) is 51.6 Å². The van der Waals surface area contributed by atoms with Gasteiger partial charge in [0.1, 0.15) is 0 Å². The van der Waals surface area contributed by atoms with Crippen molar-refractivity contribution in [3.8, 4) is 0 Å². The monoisotopic (exact) mass is 258 g/mol. The number of fused-ring (bicyclic) bond motifs is 1. The molecule has 2 unspecified atom stereocenters. The third-order valence-corrected chi connectivity index (χ3v) is 4.56. The molecular formula is C16H22N2O. The summed E-state index contributed by atoms with van der Waals surface area (Å²) >= 11 is 0. The van der Waals surface area contributed by atoms with Crippen LogP contribution in [0.2, 0.25) is 0 Å². The average Bonchev–Trinajstić information content (AvgIpc) is 3.02. The Labute approximate surface area is 115 Å². The molecule has 3 heteroatoms. The lowest BCUT2D eigenvalue weighted by Gasteiger charge is -2.28. The van der Waals surface area contributed by atoms with E-state index < -0.39 is 0 Å². The summed E-state index contributed by atoms with van der Waals surface area (Å²) in [5, 5.41) is 3.35. The van der Waals surface area contributed by atoms with Crippen LogP contribution in [-0.2, 0) is 6.42 Å². The second-order valence-electron chi connectivity index (χ2n) is 5.75. The molecule has 0 saturated carbocycles. The second-order valence-corrected chi connectivity index (χ2v) is 5.75. The van der Waals surface area contributed by atoms with Gasteiger partial charge in [0.15, 0.2) is 0 Å². The molecule has 2 atom stereocenters. The number of carbonyl (C=O) groups is 1. The molecule has 0 bridgehead atoms. The molecule has 2 aliphatic heterocycles. The van der Waals surface area contributed by atoms with Crippen LogP contribution in [0.4, 0.5) is 5.69 Å². The van der Waals surface area contributed by atoms with Gasteiger partial charge in [-0.15, -0.1) is 0 Å². The Morgan fingerprint density at radius 1 is 1.42 bits per heavy atom. The Balaban J connectivity index is 1.87. The summed E-state index contributed by atoms with van der Waals surface area (Å²) < 4.78 is 0. The van der Waals surface area contributed by atoms with E-state index in [9.17, 15) is 4.79 Å². The molecule has 0 spiro atoms. The van der Waals surface area contributed by atoms with Crippen molar-refractivity contribution in [2.75, 3.05) is 11.9 Å². The van der Waals surface area contributed by atoms with Gasteiger partial charge in [0.05, 0.1) is 0 Å². The first-order valence-electron chi connectivity index (χ1n) is 7.40. The van der Waals surface area contributed by atoms with Crippen LogP contribution >= 0.6 is 0 Å². The van der Waals surface area contributed by atoms with Crippen molar-refractivity contribution in [2.24, 2.45) is 0 Å². The number of benzene rings is 1.